The van der Waals surface area contributed by atoms with Gasteiger partial charge in [-0.3, -0.25) is 9.59 Å². The summed E-state index contributed by atoms with van der Waals surface area (Å²) >= 11 is 0. The lowest BCUT2D eigenvalue weighted by atomic mass is 10.3. The second-order valence-electron chi connectivity index (χ2n) is 4.05. The Bertz CT molecular complexity index is 440. The Morgan fingerprint density at radius 2 is 2.11 bits per heavy atom. The van der Waals surface area contributed by atoms with E-state index in [1.807, 2.05) is 13.8 Å². The molecule has 0 saturated heterocycles. The highest BCUT2D eigenvalue weighted by molar-refractivity contribution is 5.91. The fraction of sp³-hybridized carbons (Fsp3) is 0.538. The predicted octanol–water partition coefficient (Wildman–Crippen LogP) is 1.62. The van der Waals surface area contributed by atoms with Crippen LogP contribution in [0.25, 0.3) is 0 Å². The van der Waals surface area contributed by atoms with E-state index in [9.17, 15) is 9.59 Å². The van der Waals surface area contributed by atoms with Crippen LogP contribution in [0.4, 0.5) is 5.69 Å². The van der Waals surface area contributed by atoms with Gasteiger partial charge in [-0.25, -0.2) is 0 Å². The summed E-state index contributed by atoms with van der Waals surface area (Å²) in [6.07, 6.45) is 3.41. The molecule has 1 N–H and O–H groups in total. The first-order chi connectivity index (χ1) is 8.67. The van der Waals surface area contributed by atoms with Crippen molar-refractivity contribution in [2.24, 2.45) is 0 Å². The van der Waals surface area contributed by atoms with Crippen LogP contribution in [0.1, 0.15) is 26.7 Å². The first-order valence-electron chi connectivity index (χ1n) is 6.25. The molecule has 0 spiro atoms. The summed E-state index contributed by atoms with van der Waals surface area (Å²) in [6, 6.07) is 3.06. The van der Waals surface area contributed by atoms with Gasteiger partial charge in [0.1, 0.15) is 6.61 Å². The Morgan fingerprint density at radius 1 is 1.33 bits per heavy atom. The molecule has 0 aliphatic rings. The molecule has 1 heterocycles. The molecule has 0 bridgehead atoms. The van der Waals surface area contributed by atoms with E-state index in [4.69, 9.17) is 4.74 Å². The van der Waals surface area contributed by atoms with Crippen molar-refractivity contribution in [3.63, 3.8) is 0 Å². The van der Waals surface area contributed by atoms with Crippen molar-refractivity contribution in [1.82, 2.24) is 4.57 Å². The summed E-state index contributed by atoms with van der Waals surface area (Å²) in [7, 11) is 0. The summed E-state index contributed by atoms with van der Waals surface area (Å²) in [6.45, 7) is 5.24. The molecular formula is C13H20N2O3. The van der Waals surface area contributed by atoms with Gasteiger partial charge in [-0.1, -0.05) is 13.8 Å². The Labute approximate surface area is 107 Å². The van der Waals surface area contributed by atoms with E-state index in [1.165, 1.54) is 6.07 Å². The quantitative estimate of drug-likeness (QED) is 0.750. The topological polar surface area (TPSA) is 60.3 Å². The van der Waals surface area contributed by atoms with Crippen molar-refractivity contribution in [3.8, 4) is 0 Å². The van der Waals surface area contributed by atoms with E-state index in [0.717, 1.165) is 12.8 Å². The second-order valence-corrected chi connectivity index (χ2v) is 4.05. The average Bonchev–Trinajstić information content (AvgIpc) is 2.34. The summed E-state index contributed by atoms with van der Waals surface area (Å²) < 4.78 is 6.72. The first-order valence-corrected chi connectivity index (χ1v) is 6.25. The maximum absolute atomic E-state index is 11.5. The first kappa shape index (κ1) is 14.4. The Hall–Kier alpha value is -1.62. The van der Waals surface area contributed by atoms with Crippen LogP contribution in [0.15, 0.2) is 23.1 Å². The fourth-order valence-electron chi connectivity index (χ4n) is 1.53. The van der Waals surface area contributed by atoms with Crippen LogP contribution in [-0.2, 0) is 16.1 Å². The molecule has 0 aliphatic heterocycles. The van der Waals surface area contributed by atoms with Crippen LogP contribution >= 0.6 is 0 Å². The number of carbonyl (C=O) groups excluding carboxylic acids is 1. The molecule has 1 aromatic rings. The molecule has 5 nitrogen and oxygen atoms in total. The minimum atomic E-state index is -0.204. The van der Waals surface area contributed by atoms with Gasteiger partial charge in [-0.05, 0) is 18.9 Å². The summed E-state index contributed by atoms with van der Waals surface area (Å²) in [5.74, 6) is -0.204. The van der Waals surface area contributed by atoms with Gasteiger partial charge in [0.05, 0.1) is 5.69 Å². The van der Waals surface area contributed by atoms with Crippen LogP contribution in [0.5, 0.6) is 0 Å². The van der Waals surface area contributed by atoms with E-state index in [0.29, 0.717) is 18.8 Å². The molecule has 5 heteroatoms. The molecule has 0 fully saturated rings. The van der Waals surface area contributed by atoms with Gasteiger partial charge < -0.3 is 14.6 Å². The number of aryl methyl sites for hydroxylation is 1. The number of nitrogens with zero attached hydrogens (tertiary/aromatic N) is 1. The third kappa shape index (κ3) is 4.71. The van der Waals surface area contributed by atoms with Gasteiger partial charge >= 0.3 is 0 Å². The smallest absolute Gasteiger partial charge is 0.250 e. The number of carbonyl (C=O) groups is 1. The molecule has 18 heavy (non-hydrogen) atoms. The third-order valence-electron chi connectivity index (χ3n) is 2.31. The molecule has 1 amide bonds. The largest absolute Gasteiger partial charge is 0.372 e. The lowest BCUT2D eigenvalue weighted by molar-refractivity contribution is -0.120. The molecule has 0 atom stereocenters. The van der Waals surface area contributed by atoms with Crippen molar-refractivity contribution in [3.05, 3.63) is 28.7 Å². The molecule has 1 aromatic heterocycles. The summed E-state index contributed by atoms with van der Waals surface area (Å²) in [4.78, 5) is 23.0. The SMILES string of the molecule is CCCOCC(=O)Nc1ccc(=O)n(CCC)c1. The standard InChI is InChI=1S/C13H20N2O3/c1-3-7-15-9-11(5-6-13(15)17)14-12(16)10-18-8-4-2/h5-6,9H,3-4,7-8,10H2,1-2H3,(H,14,16). The number of amides is 1. The molecule has 0 saturated carbocycles. The minimum Gasteiger partial charge on any atom is -0.372 e. The number of pyridine rings is 1. The number of hydrogen-bond donors (Lipinski definition) is 1. The van der Waals surface area contributed by atoms with Gasteiger partial charge in [0.15, 0.2) is 0 Å². The van der Waals surface area contributed by atoms with Crippen molar-refractivity contribution in [1.29, 1.82) is 0 Å². The van der Waals surface area contributed by atoms with E-state index in [1.54, 1.807) is 16.8 Å². The monoisotopic (exact) mass is 252 g/mol. The van der Waals surface area contributed by atoms with Crippen LogP contribution in [0.2, 0.25) is 0 Å². The van der Waals surface area contributed by atoms with E-state index >= 15 is 0 Å². The molecule has 100 valence electrons. The number of hydrogen-bond acceptors (Lipinski definition) is 3. The number of ether oxygens (including phenoxy) is 1. The molecule has 0 aliphatic carbocycles. The van der Waals surface area contributed by atoms with Gasteiger partial charge in [-0.2, -0.15) is 0 Å². The van der Waals surface area contributed by atoms with Crippen molar-refractivity contribution in [2.75, 3.05) is 18.5 Å². The Kier molecular flexibility index (Phi) is 6.14. The highest BCUT2D eigenvalue weighted by Crippen LogP contribution is 2.03. The maximum atomic E-state index is 11.5. The maximum Gasteiger partial charge on any atom is 0.250 e. The highest BCUT2D eigenvalue weighted by Gasteiger charge is 2.03. The molecule has 0 radical (unpaired) electrons. The lowest BCUT2D eigenvalue weighted by Gasteiger charge is -2.08. The Morgan fingerprint density at radius 3 is 2.78 bits per heavy atom. The van der Waals surface area contributed by atoms with Gasteiger partial charge in [-0.15, -0.1) is 0 Å². The van der Waals surface area contributed by atoms with Crippen LogP contribution < -0.4 is 10.9 Å². The average molecular weight is 252 g/mol. The third-order valence-corrected chi connectivity index (χ3v) is 2.31. The van der Waals surface area contributed by atoms with E-state index in [2.05, 4.69) is 5.32 Å². The highest BCUT2D eigenvalue weighted by atomic mass is 16.5. The normalized spacial score (nSPS) is 10.3. The number of anilines is 1. The van der Waals surface area contributed by atoms with Crippen molar-refractivity contribution in [2.45, 2.75) is 33.2 Å². The fourth-order valence-corrected chi connectivity index (χ4v) is 1.53. The Balaban J connectivity index is 2.59. The van der Waals surface area contributed by atoms with E-state index < -0.39 is 0 Å². The van der Waals surface area contributed by atoms with E-state index in [-0.39, 0.29) is 18.1 Å². The van der Waals surface area contributed by atoms with Gasteiger partial charge in [0.25, 0.3) is 5.56 Å². The zero-order chi connectivity index (χ0) is 13.4. The van der Waals surface area contributed by atoms with Crippen molar-refractivity contribution >= 4 is 11.6 Å². The van der Waals surface area contributed by atoms with Crippen LogP contribution in [0.3, 0.4) is 0 Å². The molecule has 1 rings (SSSR count). The van der Waals surface area contributed by atoms with Crippen molar-refractivity contribution < 1.29 is 9.53 Å². The number of aromatic nitrogens is 1. The van der Waals surface area contributed by atoms with Gasteiger partial charge in [0.2, 0.25) is 5.91 Å². The number of nitrogens with one attached hydrogen (secondary N) is 1. The number of rotatable bonds is 7. The summed E-state index contributed by atoms with van der Waals surface area (Å²) in [5, 5.41) is 2.70. The zero-order valence-corrected chi connectivity index (χ0v) is 10.9. The minimum absolute atomic E-state index is 0.0424. The second kappa shape index (κ2) is 7.66. The summed E-state index contributed by atoms with van der Waals surface area (Å²) in [5.41, 5.74) is 0.560. The van der Waals surface area contributed by atoms with Crippen LogP contribution in [-0.4, -0.2) is 23.7 Å². The molecule has 0 aromatic carbocycles. The molecular weight excluding hydrogens is 232 g/mol. The lowest BCUT2D eigenvalue weighted by Crippen LogP contribution is -2.22. The van der Waals surface area contributed by atoms with Gasteiger partial charge in [0, 0.05) is 25.4 Å². The molecule has 0 unspecified atom stereocenters. The zero-order valence-electron chi connectivity index (χ0n) is 10.9. The van der Waals surface area contributed by atoms with Crippen LogP contribution in [0, 0.1) is 0 Å². The predicted molar refractivity (Wildman–Crippen MR) is 70.7 cm³/mol.